The molecule has 0 saturated carbocycles. The molecule has 0 unspecified atom stereocenters. The van der Waals surface area contributed by atoms with Crippen LogP contribution in [0.4, 0.5) is 8.78 Å². The van der Waals surface area contributed by atoms with Crippen molar-refractivity contribution in [2.45, 2.75) is 0 Å². The topological polar surface area (TPSA) is 71.0 Å². The third-order valence-corrected chi connectivity index (χ3v) is 1.54. The fraction of sp³-hybridized carbons (Fsp3) is 0. The Labute approximate surface area is 78.3 Å². The summed E-state index contributed by atoms with van der Waals surface area (Å²) in [6.07, 6.45) is 0.751. The highest BCUT2D eigenvalue weighted by Gasteiger charge is 2.13. The molecule has 1 rings (SSSR count). The molecule has 74 valence electrons. The van der Waals surface area contributed by atoms with Gasteiger partial charge < -0.3 is 11.0 Å². The fourth-order valence-corrected chi connectivity index (χ4v) is 0.960. The average molecular weight is 199 g/mol. The minimum atomic E-state index is -0.825. The van der Waals surface area contributed by atoms with Crippen LogP contribution in [0.1, 0.15) is 5.56 Å². The van der Waals surface area contributed by atoms with E-state index in [2.05, 4.69) is 10.3 Å². The van der Waals surface area contributed by atoms with Crippen LogP contribution in [-0.4, -0.2) is 17.1 Å². The van der Waals surface area contributed by atoms with Crippen LogP contribution >= 0.6 is 0 Å². The highest BCUT2D eigenvalue weighted by atomic mass is 19.1. The zero-order chi connectivity index (χ0) is 10.6. The molecular weight excluding hydrogens is 192 g/mol. The molecule has 0 amide bonds. The van der Waals surface area contributed by atoms with E-state index in [0.29, 0.717) is 0 Å². The van der Waals surface area contributed by atoms with Crippen molar-refractivity contribution in [3.8, 4) is 0 Å². The van der Waals surface area contributed by atoms with E-state index >= 15 is 0 Å². The first-order valence-corrected chi connectivity index (χ1v) is 3.60. The number of nitrogens with zero attached hydrogens (tertiary/aromatic N) is 2. The second kappa shape index (κ2) is 4.31. The van der Waals surface area contributed by atoms with E-state index in [-0.39, 0.29) is 5.71 Å². The molecule has 0 atom stereocenters. The molecule has 14 heavy (non-hydrogen) atoms. The third kappa shape index (κ3) is 1.85. The van der Waals surface area contributed by atoms with Crippen molar-refractivity contribution in [1.29, 1.82) is 0 Å². The molecule has 0 spiro atoms. The van der Waals surface area contributed by atoms with E-state index in [1.807, 2.05) is 0 Å². The quantitative estimate of drug-likeness (QED) is 0.324. The molecule has 0 aliphatic heterocycles. The zero-order valence-electron chi connectivity index (χ0n) is 6.98. The largest absolute Gasteiger partial charge is 0.411 e. The predicted molar refractivity (Wildman–Crippen MR) is 47.4 cm³/mol. The molecule has 4 nitrogen and oxygen atoms in total. The van der Waals surface area contributed by atoms with Gasteiger partial charge in [0.05, 0.1) is 11.8 Å². The Kier molecular flexibility index (Phi) is 3.11. The minimum absolute atomic E-state index is 0.275. The van der Waals surface area contributed by atoms with E-state index in [4.69, 9.17) is 11.0 Å². The number of halogens is 2. The lowest BCUT2D eigenvalue weighted by molar-refractivity contribution is 0.322. The predicted octanol–water partition coefficient (Wildman–Crippen LogP) is 1.09. The molecule has 0 saturated heterocycles. The van der Waals surface area contributed by atoms with Crippen molar-refractivity contribution >= 4 is 11.9 Å². The summed E-state index contributed by atoms with van der Waals surface area (Å²) in [4.78, 5) is 0. The summed E-state index contributed by atoms with van der Waals surface area (Å²) in [5, 5.41) is 13.9. The summed E-state index contributed by atoms with van der Waals surface area (Å²) in [5.41, 5.74) is -0.698. The van der Waals surface area contributed by atoms with Crippen molar-refractivity contribution in [2.24, 2.45) is 16.1 Å². The standard InChI is InChI=1S/C8H7F2N3O/c9-5-2-1-3-6(10)8(5)7(13-11)4-12-14/h1-4,14H,11H2. The van der Waals surface area contributed by atoms with Gasteiger partial charge in [-0.15, -0.1) is 0 Å². The highest BCUT2D eigenvalue weighted by molar-refractivity contribution is 6.38. The summed E-state index contributed by atoms with van der Waals surface area (Å²) in [6.45, 7) is 0. The van der Waals surface area contributed by atoms with Gasteiger partial charge >= 0.3 is 0 Å². The molecule has 0 radical (unpaired) electrons. The van der Waals surface area contributed by atoms with Crippen molar-refractivity contribution in [3.05, 3.63) is 35.4 Å². The summed E-state index contributed by atoms with van der Waals surface area (Å²) in [7, 11) is 0. The molecule has 0 heterocycles. The Bertz CT molecular complexity index is 370. The van der Waals surface area contributed by atoms with Gasteiger partial charge in [-0.2, -0.15) is 5.10 Å². The number of benzene rings is 1. The summed E-state index contributed by atoms with van der Waals surface area (Å²) >= 11 is 0. The lowest BCUT2D eigenvalue weighted by Gasteiger charge is -2.01. The smallest absolute Gasteiger partial charge is 0.135 e. The van der Waals surface area contributed by atoms with Gasteiger partial charge in [-0.05, 0) is 12.1 Å². The van der Waals surface area contributed by atoms with Crippen molar-refractivity contribution in [3.63, 3.8) is 0 Å². The second-order valence-electron chi connectivity index (χ2n) is 2.36. The maximum absolute atomic E-state index is 13.1. The van der Waals surface area contributed by atoms with E-state index in [0.717, 1.165) is 18.3 Å². The van der Waals surface area contributed by atoms with Crippen LogP contribution < -0.4 is 5.84 Å². The summed E-state index contributed by atoms with van der Waals surface area (Å²) in [6, 6.07) is 3.31. The summed E-state index contributed by atoms with van der Waals surface area (Å²) in [5.74, 6) is 3.23. The first-order valence-electron chi connectivity index (χ1n) is 3.60. The van der Waals surface area contributed by atoms with E-state index in [1.165, 1.54) is 6.07 Å². The van der Waals surface area contributed by atoms with Gasteiger partial charge in [0.15, 0.2) is 0 Å². The fourth-order valence-electron chi connectivity index (χ4n) is 0.960. The van der Waals surface area contributed by atoms with E-state index in [9.17, 15) is 8.78 Å². The average Bonchev–Trinajstić information content (AvgIpc) is 2.16. The van der Waals surface area contributed by atoms with Crippen LogP contribution in [-0.2, 0) is 0 Å². The second-order valence-corrected chi connectivity index (χ2v) is 2.36. The van der Waals surface area contributed by atoms with Crippen molar-refractivity contribution < 1.29 is 14.0 Å². The van der Waals surface area contributed by atoms with Gasteiger partial charge in [0.25, 0.3) is 0 Å². The van der Waals surface area contributed by atoms with Gasteiger partial charge in [0.2, 0.25) is 0 Å². The first kappa shape index (κ1) is 10.1. The molecule has 1 aromatic rings. The highest BCUT2D eigenvalue weighted by Crippen LogP contribution is 2.12. The molecule has 6 heteroatoms. The Morgan fingerprint density at radius 2 is 1.93 bits per heavy atom. The molecular formula is C8H7F2N3O. The number of rotatable bonds is 2. The van der Waals surface area contributed by atoms with Gasteiger partial charge in [-0.1, -0.05) is 11.2 Å². The Morgan fingerprint density at radius 3 is 2.36 bits per heavy atom. The molecule has 0 aliphatic carbocycles. The van der Waals surface area contributed by atoms with Gasteiger partial charge in [0.1, 0.15) is 17.3 Å². The van der Waals surface area contributed by atoms with Crippen LogP contribution in [0.15, 0.2) is 28.5 Å². The SMILES string of the molecule is NN=C(C=NO)c1c(F)cccc1F. The van der Waals surface area contributed by atoms with E-state index in [1.54, 1.807) is 0 Å². The molecule has 0 fully saturated rings. The minimum Gasteiger partial charge on any atom is -0.411 e. The van der Waals surface area contributed by atoms with E-state index < -0.39 is 17.2 Å². The zero-order valence-corrected chi connectivity index (χ0v) is 6.98. The monoisotopic (exact) mass is 199 g/mol. The van der Waals surface area contributed by atoms with Crippen LogP contribution in [0.5, 0.6) is 0 Å². The number of hydrazone groups is 1. The Hall–Kier alpha value is -1.98. The number of hydrogen-bond acceptors (Lipinski definition) is 4. The van der Waals surface area contributed by atoms with Crippen LogP contribution in [0.2, 0.25) is 0 Å². The van der Waals surface area contributed by atoms with Gasteiger partial charge in [0, 0.05) is 0 Å². The number of nitrogens with two attached hydrogens (primary N) is 1. The maximum Gasteiger partial charge on any atom is 0.135 e. The van der Waals surface area contributed by atoms with Crippen LogP contribution in [0.25, 0.3) is 0 Å². The molecule has 0 bridgehead atoms. The van der Waals surface area contributed by atoms with Crippen LogP contribution in [0.3, 0.4) is 0 Å². The Balaban J connectivity index is 3.30. The number of oxime groups is 1. The van der Waals surface area contributed by atoms with Gasteiger partial charge in [-0.3, -0.25) is 0 Å². The Morgan fingerprint density at radius 1 is 1.36 bits per heavy atom. The van der Waals surface area contributed by atoms with Crippen molar-refractivity contribution in [1.82, 2.24) is 0 Å². The lowest BCUT2D eigenvalue weighted by atomic mass is 10.1. The van der Waals surface area contributed by atoms with Crippen molar-refractivity contribution in [2.75, 3.05) is 0 Å². The third-order valence-electron chi connectivity index (χ3n) is 1.54. The normalized spacial score (nSPS) is 12.3. The van der Waals surface area contributed by atoms with Crippen LogP contribution in [0, 0.1) is 11.6 Å². The molecule has 1 aromatic carbocycles. The first-order chi connectivity index (χ1) is 6.70. The molecule has 0 aromatic heterocycles. The summed E-state index contributed by atoms with van der Waals surface area (Å²) < 4.78 is 26.2. The lowest BCUT2D eigenvalue weighted by Crippen LogP contribution is -2.11. The molecule has 0 aliphatic rings. The number of hydrogen-bond donors (Lipinski definition) is 2. The molecule has 3 N–H and O–H groups in total. The maximum atomic E-state index is 13.1. The van der Waals surface area contributed by atoms with Gasteiger partial charge in [-0.25, -0.2) is 8.78 Å².